The summed E-state index contributed by atoms with van der Waals surface area (Å²) in [7, 11) is -0.438. The Labute approximate surface area is 192 Å². The van der Waals surface area contributed by atoms with E-state index in [1.165, 1.54) is 5.56 Å². The number of para-hydroxylation sites is 3. The summed E-state index contributed by atoms with van der Waals surface area (Å²) < 4.78 is 32.0. The molecule has 0 spiro atoms. The van der Waals surface area contributed by atoms with Crippen LogP contribution in [0.5, 0.6) is 17.2 Å². The van der Waals surface area contributed by atoms with Gasteiger partial charge >= 0.3 is 0 Å². The lowest BCUT2D eigenvalue weighted by Gasteiger charge is -2.25. The first-order valence-corrected chi connectivity index (χ1v) is 14.5. The van der Waals surface area contributed by atoms with Crippen LogP contribution < -0.4 is 18.9 Å². The SMILES string of the molecule is COP1Oc2ccccc2-c2ccccc21.CP1OCCO1.CP1Oc2ccccc2O1. The van der Waals surface area contributed by atoms with Gasteiger partial charge < -0.3 is 27.1 Å². The minimum absolute atomic E-state index is 0.465. The highest BCUT2D eigenvalue weighted by molar-refractivity contribution is 7.56. The molecule has 3 aromatic carbocycles. The predicted octanol–water partition coefficient (Wildman–Crippen LogP) is 6.70. The fourth-order valence-corrected chi connectivity index (χ4v) is 6.11. The standard InChI is InChI=1S/C13H11O2P.C7H7O2P.C3H7O2P/c1-14-16-13-9-5-3-7-11(13)10-6-2-4-8-12(10)15-16;1-10-8-6-4-2-3-5-7(6)9-10;1-6-4-2-3-5-6/h2-9H,1H3;2-5H,1H3;2-3H2,1H3. The fourth-order valence-electron chi connectivity index (χ4n) is 3.17. The van der Waals surface area contributed by atoms with E-state index in [4.69, 9.17) is 27.1 Å². The normalized spacial score (nSPS) is 18.3. The van der Waals surface area contributed by atoms with Crippen LogP contribution in [0.3, 0.4) is 0 Å². The Morgan fingerprint density at radius 3 is 1.72 bits per heavy atom. The van der Waals surface area contributed by atoms with E-state index in [9.17, 15) is 0 Å². The Morgan fingerprint density at radius 2 is 1.16 bits per heavy atom. The highest BCUT2D eigenvalue weighted by atomic mass is 31.2. The molecule has 3 aliphatic rings. The third kappa shape index (κ3) is 5.77. The van der Waals surface area contributed by atoms with Crippen molar-refractivity contribution < 1.29 is 27.1 Å². The van der Waals surface area contributed by atoms with Gasteiger partial charge in [-0.05, 0) is 29.8 Å². The number of hydrogen-bond acceptors (Lipinski definition) is 6. The molecule has 0 bridgehead atoms. The molecule has 0 radical (unpaired) electrons. The minimum Gasteiger partial charge on any atom is -0.443 e. The van der Waals surface area contributed by atoms with E-state index in [1.807, 2.05) is 67.9 Å². The van der Waals surface area contributed by atoms with Crippen molar-refractivity contribution in [2.75, 3.05) is 33.7 Å². The third-order valence-corrected chi connectivity index (χ3v) is 8.04. The lowest BCUT2D eigenvalue weighted by molar-refractivity contribution is 0.365. The van der Waals surface area contributed by atoms with Crippen molar-refractivity contribution in [3.8, 4) is 28.4 Å². The molecule has 3 aliphatic heterocycles. The molecule has 1 unspecified atom stereocenters. The van der Waals surface area contributed by atoms with E-state index in [2.05, 4.69) is 18.2 Å². The van der Waals surface area contributed by atoms with Gasteiger partial charge in [0.1, 0.15) is 5.75 Å². The van der Waals surface area contributed by atoms with E-state index in [-0.39, 0.29) is 0 Å². The van der Waals surface area contributed by atoms with E-state index in [0.29, 0.717) is 0 Å². The lowest BCUT2D eigenvalue weighted by Crippen LogP contribution is -2.14. The van der Waals surface area contributed by atoms with Crippen LogP contribution in [0.25, 0.3) is 11.1 Å². The fraction of sp³-hybridized carbons (Fsp3) is 0.217. The van der Waals surface area contributed by atoms with Gasteiger partial charge in [0.25, 0.3) is 16.8 Å². The molecular weight excluding hydrogens is 465 g/mol. The van der Waals surface area contributed by atoms with Crippen molar-refractivity contribution >= 4 is 30.4 Å². The van der Waals surface area contributed by atoms with E-state index in [1.54, 1.807) is 7.11 Å². The largest absolute Gasteiger partial charge is 0.443 e. The Balaban J connectivity index is 0.000000130. The molecule has 0 saturated carbocycles. The van der Waals surface area contributed by atoms with Gasteiger partial charge in [-0.3, -0.25) is 0 Å². The van der Waals surface area contributed by atoms with Gasteiger partial charge in [-0.15, -0.1) is 0 Å². The van der Waals surface area contributed by atoms with Gasteiger partial charge in [0.05, 0.1) is 18.5 Å². The summed E-state index contributed by atoms with van der Waals surface area (Å²) in [5, 5.41) is 1.15. The molecule has 0 aromatic heterocycles. The molecular formula is C23H25O6P3. The summed E-state index contributed by atoms with van der Waals surface area (Å²) in [4.78, 5) is 0. The Morgan fingerprint density at radius 1 is 0.625 bits per heavy atom. The van der Waals surface area contributed by atoms with Crippen molar-refractivity contribution in [2.24, 2.45) is 0 Å². The van der Waals surface area contributed by atoms with Gasteiger partial charge in [-0.25, -0.2) is 0 Å². The quantitative estimate of drug-likeness (QED) is 0.354. The highest BCUT2D eigenvalue weighted by Gasteiger charge is 2.26. The minimum atomic E-state index is -0.972. The average Bonchev–Trinajstić information content (AvgIpc) is 3.46. The van der Waals surface area contributed by atoms with Crippen LogP contribution >= 0.6 is 25.1 Å². The maximum absolute atomic E-state index is 5.85. The molecule has 1 fully saturated rings. The molecule has 3 aromatic rings. The Hall–Kier alpha value is -1.77. The van der Waals surface area contributed by atoms with Crippen LogP contribution in [-0.4, -0.2) is 33.7 Å². The third-order valence-electron chi connectivity index (χ3n) is 4.56. The zero-order chi connectivity index (χ0) is 22.3. The second kappa shape index (κ2) is 11.4. The monoisotopic (exact) mass is 490 g/mol. The van der Waals surface area contributed by atoms with Gasteiger partial charge in [0.2, 0.25) is 0 Å². The first-order chi connectivity index (χ1) is 15.7. The molecule has 9 heteroatoms. The van der Waals surface area contributed by atoms with E-state index < -0.39 is 25.1 Å². The molecule has 0 N–H and O–H groups in total. The topological polar surface area (TPSA) is 55.4 Å². The molecule has 0 aliphatic carbocycles. The summed E-state index contributed by atoms with van der Waals surface area (Å²) in [6, 6.07) is 24.0. The smallest absolute Gasteiger partial charge is 0.287 e. The molecule has 6 nitrogen and oxygen atoms in total. The van der Waals surface area contributed by atoms with Crippen LogP contribution in [0.4, 0.5) is 0 Å². The summed E-state index contributed by atoms with van der Waals surface area (Å²) in [5.41, 5.74) is 2.37. The molecule has 32 heavy (non-hydrogen) atoms. The van der Waals surface area contributed by atoms with Crippen molar-refractivity contribution in [3.63, 3.8) is 0 Å². The second-order valence-electron chi connectivity index (χ2n) is 6.72. The van der Waals surface area contributed by atoms with Crippen molar-refractivity contribution in [1.29, 1.82) is 0 Å². The molecule has 3 heterocycles. The van der Waals surface area contributed by atoms with Crippen LogP contribution in [-0.2, 0) is 13.6 Å². The van der Waals surface area contributed by atoms with Crippen LogP contribution in [0.1, 0.15) is 0 Å². The zero-order valence-electron chi connectivity index (χ0n) is 18.1. The summed E-state index contributed by atoms with van der Waals surface area (Å²) in [5.74, 6) is 2.65. The van der Waals surface area contributed by atoms with E-state index in [0.717, 1.165) is 41.3 Å². The molecule has 6 rings (SSSR count). The van der Waals surface area contributed by atoms with Crippen LogP contribution in [0.15, 0.2) is 72.8 Å². The van der Waals surface area contributed by atoms with Crippen molar-refractivity contribution in [2.45, 2.75) is 0 Å². The second-order valence-corrected chi connectivity index (χ2v) is 10.9. The zero-order valence-corrected chi connectivity index (χ0v) is 20.8. The lowest BCUT2D eigenvalue weighted by atomic mass is 10.0. The average molecular weight is 490 g/mol. The molecule has 0 amide bonds. The van der Waals surface area contributed by atoms with Gasteiger partial charge in [-0.1, -0.05) is 48.5 Å². The Kier molecular flexibility index (Phi) is 8.32. The summed E-state index contributed by atoms with van der Waals surface area (Å²) >= 11 is 0. The van der Waals surface area contributed by atoms with Gasteiger partial charge in [-0.2, -0.15) is 0 Å². The summed E-state index contributed by atoms with van der Waals surface area (Å²) in [6.07, 6.45) is 0. The molecule has 168 valence electrons. The maximum atomic E-state index is 5.85. The molecule has 1 atom stereocenters. The first kappa shape index (κ1) is 23.4. The van der Waals surface area contributed by atoms with Crippen LogP contribution in [0.2, 0.25) is 0 Å². The molecule has 1 saturated heterocycles. The first-order valence-electron chi connectivity index (χ1n) is 10.0. The van der Waals surface area contributed by atoms with Crippen molar-refractivity contribution in [3.05, 3.63) is 72.8 Å². The number of benzene rings is 3. The predicted molar refractivity (Wildman–Crippen MR) is 131 cm³/mol. The van der Waals surface area contributed by atoms with Gasteiger partial charge in [0, 0.05) is 26.0 Å². The van der Waals surface area contributed by atoms with Gasteiger partial charge in [0.15, 0.2) is 19.9 Å². The van der Waals surface area contributed by atoms with E-state index >= 15 is 0 Å². The maximum Gasteiger partial charge on any atom is 0.287 e. The highest BCUT2D eigenvalue weighted by Crippen LogP contribution is 2.49. The number of hydrogen-bond donors (Lipinski definition) is 0. The number of rotatable bonds is 1. The Bertz CT molecular complexity index is 1000. The van der Waals surface area contributed by atoms with Crippen molar-refractivity contribution in [1.82, 2.24) is 0 Å². The summed E-state index contributed by atoms with van der Waals surface area (Å²) in [6.45, 7) is 5.49. The van der Waals surface area contributed by atoms with Crippen LogP contribution in [0, 0.1) is 0 Å². The number of fused-ring (bicyclic) bond motifs is 4.